The predicted molar refractivity (Wildman–Crippen MR) is 88.9 cm³/mol. The Bertz CT molecular complexity index is 811. The third kappa shape index (κ3) is 3.75. The van der Waals surface area contributed by atoms with E-state index in [9.17, 15) is 18.0 Å². The van der Waals surface area contributed by atoms with Crippen LogP contribution in [-0.4, -0.2) is 16.9 Å². The normalized spacial score (nSPS) is 20.0. The molecule has 3 nitrogen and oxygen atoms in total. The van der Waals surface area contributed by atoms with E-state index in [4.69, 9.17) is 23.2 Å². The Kier molecular flexibility index (Phi) is 4.93. The number of carbonyl (C=O) groups excluding carboxylic acids is 1. The smallest absolute Gasteiger partial charge is 0.347 e. The van der Waals surface area contributed by atoms with Crippen molar-refractivity contribution in [3.8, 4) is 0 Å². The molecule has 1 aromatic carbocycles. The zero-order valence-corrected chi connectivity index (χ0v) is 14.3. The SMILES string of the molecule is O=C(N[C@@H]1CC[C@@H]1c1ccc(Cl)cc1Cl)c1ncccc1C(F)(F)F. The van der Waals surface area contributed by atoms with Gasteiger partial charge in [0, 0.05) is 28.2 Å². The molecular formula is C17H13Cl2F3N2O. The van der Waals surface area contributed by atoms with Gasteiger partial charge in [0.2, 0.25) is 0 Å². The van der Waals surface area contributed by atoms with Gasteiger partial charge in [0.05, 0.1) is 5.56 Å². The van der Waals surface area contributed by atoms with Crippen LogP contribution in [-0.2, 0) is 6.18 Å². The van der Waals surface area contributed by atoms with Crippen molar-refractivity contribution in [2.75, 3.05) is 0 Å². The lowest BCUT2D eigenvalue weighted by Crippen LogP contribution is -2.46. The summed E-state index contributed by atoms with van der Waals surface area (Å²) in [5, 5.41) is 3.62. The lowest BCUT2D eigenvalue weighted by atomic mass is 9.75. The molecule has 0 radical (unpaired) electrons. The van der Waals surface area contributed by atoms with Gasteiger partial charge in [0.25, 0.3) is 5.91 Å². The summed E-state index contributed by atoms with van der Waals surface area (Å²) in [7, 11) is 0. The molecule has 2 atom stereocenters. The van der Waals surface area contributed by atoms with Crippen LogP contribution >= 0.6 is 23.2 Å². The van der Waals surface area contributed by atoms with Crippen molar-refractivity contribution in [1.82, 2.24) is 10.3 Å². The van der Waals surface area contributed by atoms with Gasteiger partial charge >= 0.3 is 6.18 Å². The first kappa shape index (κ1) is 18.0. The van der Waals surface area contributed by atoms with E-state index in [-0.39, 0.29) is 12.0 Å². The highest BCUT2D eigenvalue weighted by atomic mass is 35.5. The van der Waals surface area contributed by atoms with E-state index in [1.54, 1.807) is 18.2 Å². The van der Waals surface area contributed by atoms with E-state index < -0.39 is 23.3 Å². The van der Waals surface area contributed by atoms with E-state index in [0.29, 0.717) is 16.5 Å². The minimum absolute atomic E-state index is 0.0632. The Morgan fingerprint density at radius 3 is 2.56 bits per heavy atom. The van der Waals surface area contributed by atoms with Gasteiger partial charge in [-0.25, -0.2) is 0 Å². The molecule has 0 saturated heterocycles. The van der Waals surface area contributed by atoms with E-state index in [2.05, 4.69) is 10.3 Å². The molecule has 1 aliphatic carbocycles. The Labute approximate surface area is 152 Å². The quantitative estimate of drug-likeness (QED) is 0.795. The standard InChI is InChI=1S/C17H13Cl2F3N2O/c18-9-3-4-10(13(19)8-9)11-5-6-14(11)24-16(25)15-12(17(20,21)22)2-1-7-23-15/h1-4,7-8,11,14H,5-6H2,(H,24,25)/t11-,14-/m1/s1. The zero-order chi connectivity index (χ0) is 18.2. The van der Waals surface area contributed by atoms with Crippen molar-refractivity contribution < 1.29 is 18.0 Å². The zero-order valence-electron chi connectivity index (χ0n) is 12.8. The second-order valence-electron chi connectivity index (χ2n) is 5.83. The Morgan fingerprint density at radius 2 is 1.96 bits per heavy atom. The fraction of sp³-hybridized carbons (Fsp3) is 0.294. The number of nitrogens with zero attached hydrogens (tertiary/aromatic N) is 1. The van der Waals surface area contributed by atoms with Crippen molar-refractivity contribution in [3.63, 3.8) is 0 Å². The molecule has 1 aromatic heterocycles. The summed E-state index contributed by atoms with van der Waals surface area (Å²) in [5.74, 6) is -0.903. The predicted octanol–water partition coefficient (Wildman–Crippen LogP) is 5.08. The summed E-state index contributed by atoms with van der Waals surface area (Å²) in [5.41, 5.74) is -0.851. The molecule has 1 heterocycles. The van der Waals surface area contributed by atoms with Crippen LogP contribution < -0.4 is 5.32 Å². The molecule has 1 saturated carbocycles. The van der Waals surface area contributed by atoms with Gasteiger partial charge in [-0.2, -0.15) is 13.2 Å². The number of aromatic nitrogens is 1. The highest BCUT2D eigenvalue weighted by Crippen LogP contribution is 2.41. The second kappa shape index (κ2) is 6.84. The molecule has 0 spiro atoms. The van der Waals surface area contributed by atoms with Crippen LogP contribution in [0.2, 0.25) is 10.0 Å². The van der Waals surface area contributed by atoms with Gasteiger partial charge in [-0.1, -0.05) is 29.3 Å². The highest BCUT2D eigenvalue weighted by molar-refractivity contribution is 6.35. The number of rotatable bonds is 3. The van der Waals surface area contributed by atoms with E-state index >= 15 is 0 Å². The van der Waals surface area contributed by atoms with Crippen LogP contribution in [0, 0.1) is 0 Å². The number of hydrogen-bond donors (Lipinski definition) is 1. The largest absolute Gasteiger partial charge is 0.418 e. The number of amides is 1. The average Bonchev–Trinajstić information content (AvgIpc) is 2.53. The maximum Gasteiger partial charge on any atom is 0.418 e. The molecule has 1 N–H and O–H groups in total. The molecule has 2 aromatic rings. The third-order valence-electron chi connectivity index (χ3n) is 4.28. The van der Waals surface area contributed by atoms with Crippen LogP contribution in [0.3, 0.4) is 0 Å². The number of pyridine rings is 1. The van der Waals surface area contributed by atoms with Gasteiger partial charge in [-0.3, -0.25) is 9.78 Å². The summed E-state index contributed by atoms with van der Waals surface area (Å²) in [6.07, 6.45) is -2.04. The first-order chi connectivity index (χ1) is 11.8. The molecule has 8 heteroatoms. The first-order valence-corrected chi connectivity index (χ1v) is 8.31. The van der Waals surface area contributed by atoms with Crippen molar-refractivity contribution >= 4 is 29.1 Å². The minimum Gasteiger partial charge on any atom is -0.347 e. The average molecular weight is 389 g/mol. The van der Waals surface area contributed by atoms with Crippen LogP contribution in [0.15, 0.2) is 36.5 Å². The Morgan fingerprint density at radius 1 is 1.20 bits per heavy atom. The minimum atomic E-state index is -4.64. The first-order valence-electron chi connectivity index (χ1n) is 7.55. The number of alkyl halides is 3. The molecule has 0 bridgehead atoms. The van der Waals surface area contributed by atoms with Crippen molar-refractivity contribution in [2.24, 2.45) is 0 Å². The lowest BCUT2D eigenvalue weighted by molar-refractivity contribution is -0.138. The molecule has 0 unspecified atom stereocenters. The molecule has 1 amide bonds. The summed E-state index contributed by atoms with van der Waals surface area (Å²) in [6.45, 7) is 0. The maximum absolute atomic E-state index is 13.0. The summed E-state index contributed by atoms with van der Waals surface area (Å²) in [4.78, 5) is 15.9. The maximum atomic E-state index is 13.0. The lowest BCUT2D eigenvalue weighted by Gasteiger charge is -2.38. The van der Waals surface area contributed by atoms with E-state index in [1.165, 1.54) is 6.20 Å². The number of hydrogen-bond acceptors (Lipinski definition) is 2. The van der Waals surface area contributed by atoms with Crippen molar-refractivity contribution in [2.45, 2.75) is 31.0 Å². The molecule has 132 valence electrons. The molecule has 0 aliphatic heterocycles. The Balaban J connectivity index is 1.78. The fourth-order valence-corrected chi connectivity index (χ4v) is 3.45. The molecule has 1 fully saturated rings. The molecule has 25 heavy (non-hydrogen) atoms. The highest BCUT2D eigenvalue weighted by Gasteiger charge is 2.39. The number of benzene rings is 1. The van der Waals surface area contributed by atoms with E-state index in [0.717, 1.165) is 24.1 Å². The fourth-order valence-electron chi connectivity index (χ4n) is 2.90. The van der Waals surface area contributed by atoms with Gasteiger partial charge in [0.15, 0.2) is 0 Å². The van der Waals surface area contributed by atoms with Crippen molar-refractivity contribution in [3.05, 3.63) is 63.4 Å². The van der Waals surface area contributed by atoms with Crippen LogP contribution in [0.25, 0.3) is 0 Å². The van der Waals surface area contributed by atoms with Crippen LogP contribution in [0.5, 0.6) is 0 Å². The monoisotopic (exact) mass is 388 g/mol. The third-order valence-corrected chi connectivity index (χ3v) is 4.84. The topological polar surface area (TPSA) is 42.0 Å². The van der Waals surface area contributed by atoms with Crippen LogP contribution in [0.1, 0.15) is 40.4 Å². The number of halogens is 5. The van der Waals surface area contributed by atoms with Gasteiger partial charge in [-0.05, 0) is 42.7 Å². The number of carbonyl (C=O) groups is 1. The van der Waals surface area contributed by atoms with E-state index in [1.807, 2.05) is 0 Å². The molecule has 3 rings (SSSR count). The number of nitrogens with one attached hydrogen (secondary N) is 1. The van der Waals surface area contributed by atoms with Crippen LogP contribution in [0.4, 0.5) is 13.2 Å². The van der Waals surface area contributed by atoms with Gasteiger partial charge in [0.1, 0.15) is 5.69 Å². The molecular weight excluding hydrogens is 376 g/mol. The molecule has 1 aliphatic rings. The summed E-state index contributed by atoms with van der Waals surface area (Å²) < 4.78 is 39.1. The summed E-state index contributed by atoms with van der Waals surface area (Å²) in [6, 6.07) is 6.77. The second-order valence-corrected chi connectivity index (χ2v) is 6.67. The Hall–Kier alpha value is -1.79. The van der Waals surface area contributed by atoms with Gasteiger partial charge < -0.3 is 5.32 Å². The van der Waals surface area contributed by atoms with Gasteiger partial charge in [-0.15, -0.1) is 0 Å². The summed E-state index contributed by atoms with van der Waals surface area (Å²) >= 11 is 12.1. The van der Waals surface area contributed by atoms with Crippen molar-refractivity contribution in [1.29, 1.82) is 0 Å².